The van der Waals surface area contributed by atoms with E-state index >= 15 is 0 Å². The Labute approximate surface area is 187 Å². The molecule has 12 heteroatoms. The fourth-order valence-corrected chi connectivity index (χ4v) is 4.76. The minimum atomic E-state index is -0.471. The van der Waals surface area contributed by atoms with Gasteiger partial charge in [-0.2, -0.15) is 4.37 Å². The van der Waals surface area contributed by atoms with E-state index in [9.17, 15) is 14.4 Å². The molecule has 3 aromatic heterocycles. The molecule has 0 spiro atoms. The zero-order valence-corrected chi connectivity index (χ0v) is 18.7. The summed E-state index contributed by atoms with van der Waals surface area (Å²) in [5.74, 6) is -0.367. The van der Waals surface area contributed by atoms with E-state index < -0.39 is 11.2 Å². The molecule has 0 radical (unpaired) electrons. The van der Waals surface area contributed by atoms with Gasteiger partial charge in [0, 0.05) is 25.0 Å². The Morgan fingerprint density at radius 1 is 1.17 bits per heavy atom. The third-order valence-electron chi connectivity index (χ3n) is 4.44. The van der Waals surface area contributed by atoms with Gasteiger partial charge >= 0.3 is 5.69 Å². The van der Waals surface area contributed by atoms with Gasteiger partial charge in [0.2, 0.25) is 5.91 Å². The van der Waals surface area contributed by atoms with Gasteiger partial charge < -0.3 is 5.32 Å². The number of nitrogens with one attached hydrogen (secondary N) is 1. The van der Waals surface area contributed by atoms with E-state index in [4.69, 9.17) is 23.2 Å². The van der Waals surface area contributed by atoms with Crippen LogP contribution in [0.2, 0.25) is 10.0 Å². The number of amides is 1. The lowest BCUT2D eigenvalue weighted by Gasteiger charge is -2.04. The molecule has 30 heavy (non-hydrogen) atoms. The van der Waals surface area contributed by atoms with Gasteiger partial charge in [0.1, 0.15) is 4.83 Å². The highest BCUT2D eigenvalue weighted by Gasteiger charge is 2.19. The summed E-state index contributed by atoms with van der Waals surface area (Å²) < 4.78 is 6.56. The Kier molecular flexibility index (Phi) is 5.49. The maximum atomic E-state index is 12.5. The topological polar surface area (TPSA) is 98.9 Å². The highest BCUT2D eigenvalue weighted by Crippen LogP contribution is 2.30. The Morgan fingerprint density at radius 2 is 1.93 bits per heavy atom. The first-order valence-corrected chi connectivity index (χ1v) is 10.9. The zero-order chi connectivity index (χ0) is 21.6. The third kappa shape index (κ3) is 3.67. The fourth-order valence-electron chi connectivity index (χ4n) is 2.88. The predicted octanol–water partition coefficient (Wildman–Crippen LogP) is 3.31. The number of fused-ring (bicyclic) bond motifs is 1. The van der Waals surface area contributed by atoms with E-state index in [1.54, 1.807) is 30.6 Å². The van der Waals surface area contributed by atoms with Crippen molar-refractivity contribution in [2.45, 2.75) is 6.42 Å². The van der Waals surface area contributed by atoms with Crippen LogP contribution in [0.15, 0.2) is 33.2 Å². The van der Waals surface area contributed by atoms with E-state index in [-0.39, 0.29) is 17.7 Å². The Morgan fingerprint density at radius 3 is 2.67 bits per heavy atom. The van der Waals surface area contributed by atoms with Crippen LogP contribution < -0.4 is 16.6 Å². The third-order valence-corrected chi connectivity index (χ3v) is 6.89. The van der Waals surface area contributed by atoms with Gasteiger partial charge in [-0.3, -0.25) is 18.7 Å². The molecule has 0 bridgehead atoms. The summed E-state index contributed by atoms with van der Waals surface area (Å²) >= 11 is 14.3. The molecule has 4 aromatic rings. The molecule has 0 atom stereocenters. The number of carbonyl (C=O) groups is 1. The molecule has 0 unspecified atom stereocenters. The molecule has 0 fully saturated rings. The van der Waals surface area contributed by atoms with E-state index in [2.05, 4.69) is 14.7 Å². The Hall–Kier alpha value is -2.53. The molecule has 3 heterocycles. The average Bonchev–Trinajstić information content (AvgIpc) is 3.34. The van der Waals surface area contributed by atoms with Crippen LogP contribution in [0.3, 0.4) is 0 Å². The molecule has 0 saturated heterocycles. The summed E-state index contributed by atoms with van der Waals surface area (Å²) in [6.07, 6.45) is -0.116. The molecule has 0 aliphatic heterocycles. The minimum absolute atomic E-state index is 0.116. The second kappa shape index (κ2) is 7.95. The molecule has 0 aliphatic rings. The lowest BCUT2D eigenvalue weighted by molar-refractivity contribution is -0.115. The maximum absolute atomic E-state index is 12.5. The first-order chi connectivity index (χ1) is 14.3. The number of carbonyl (C=O) groups excluding carboxylic acids is 1. The average molecular weight is 482 g/mol. The van der Waals surface area contributed by atoms with Gasteiger partial charge in [-0.25, -0.2) is 9.78 Å². The maximum Gasteiger partial charge on any atom is 0.331 e. The van der Waals surface area contributed by atoms with Crippen molar-refractivity contribution < 1.29 is 4.79 Å². The molecule has 8 nitrogen and oxygen atoms in total. The summed E-state index contributed by atoms with van der Waals surface area (Å²) in [4.78, 5) is 41.9. The molecule has 1 amide bonds. The molecular formula is C18H13Cl2N5O3S2. The largest absolute Gasteiger partial charge is 0.331 e. The molecular weight excluding hydrogens is 469 g/mol. The van der Waals surface area contributed by atoms with Crippen molar-refractivity contribution >= 4 is 67.3 Å². The summed E-state index contributed by atoms with van der Waals surface area (Å²) in [5, 5.41) is 6.05. The molecule has 0 saturated carbocycles. The van der Waals surface area contributed by atoms with E-state index in [1.807, 2.05) is 0 Å². The number of hydrogen-bond donors (Lipinski definition) is 1. The van der Waals surface area contributed by atoms with Gasteiger partial charge in [-0.05, 0) is 23.7 Å². The van der Waals surface area contributed by atoms with Gasteiger partial charge in [0.25, 0.3) is 5.56 Å². The summed E-state index contributed by atoms with van der Waals surface area (Å²) in [6, 6.07) is 5.17. The highest BCUT2D eigenvalue weighted by molar-refractivity contribution is 7.14. The van der Waals surface area contributed by atoms with Crippen molar-refractivity contribution in [2.24, 2.45) is 14.1 Å². The van der Waals surface area contributed by atoms with Crippen LogP contribution in [0.5, 0.6) is 0 Å². The lowest BCUT2D eigenvalue weighted by atomic mass is 10.2. The number of benzene rings is 1. The number of aromatic nitrogens is 4. The quantitative estimate of drug-likeness (QED) is 0.481. The summed E-state index contributed by atoms with van der Waals surface area (Å²) in [7, 11) is 2.96. The number of anilines is 1. The number of aryl methyl sites for hydroxylation is 1. The first kappa shape index (κ1) is 20.7. The van der Waals surface area contributed by atoms with E-state index in [0.29, 0.717) is 31.4 Å². The van der Waals surface area contributed by atoms with Crippen molar-refractivity contribution in [3.05, 3.63) is 60.2 Å². The smallest absolute Gasteiger partial charge is 0.302 e. The van der Waals surface area contributed by atoms with Crippen molar-refractivity contribution in [1.82, 2.24) is 18.5 Å². The first-order valence-electron chi connectivity index (χ1n) is 8.51. The number of rotatable bonds is 4. The highest BCUT2D eigenvalue weighted by atomic mass is 35.5. The van der Waals surface area contributed by atoms with Gasteiger partial charge in [-0.1, -0.05) is 29.3 Å². The molecule has 0 aliphatic carbocycles. The number of halogens is 2. The lowest BCUT2D eigenvalue weighted by Crippen LogP contribution is -2.36. The van der Waals surface area contributed by atoms with Crippen LogP contribution in [0.25, 0.3) is 21.5 Å². The monoisotopic (exact) mass is 481 g/mol. The van der Waals surface area contributed by atoms with Crippen LogP contribution in [0.4, 0.5) is 5.13 Å². The number of nitrogens with zero attached hydrogens (tertiary/aromatic N) is 4. The van der Waals surface area contributed by atoms with Crippen molar-refractivity contribution in [3.63, 3.8) is 0 Å². The van der Waals surface area contributed by atoms with Crippen LogP contribution >= 0.6 is 46.1 Å². The second-order valence-electron chi connectivity index (χ2n) is 6.41. The van der Waals surface area contributed by atoms with Crippen molar-refractivity contribution in [3.8, 4) is 11.3 Å². The van der Waals surface area contributed by atoms with Crippen LogP contribution in [0.1, 0.15) is 5.69 Å². The van der Waals surface area contributed by atoms with Crippen molar-refractivity contribution in [1.29, 1.82) is 0 Å². The van der Waals surface area contributed by atoms with E-state index in [0.717, 1.165) is 21.7 Å². The van der Waals surface area contributed by atoms with Crippen LogP contribution in [-0.2, 0) is 25.3 Å². The Balaban J connectivity index is 1.56. The second-order valence-corrected chi connectivity index (χ2v) is 8.83. The van der Waals surface area contributed by atoms with E-state index in [1.165, 1.54) is 23.0 Å². The van der Waals surface area contributed by atoms with Crippen LogP contribution in [0, 0.1) is 0 Å². The minimum Gasteiger partial charge on any atom is -0.302 e. The summed E-state index contributed by atoms with van der Waals surface area (Å²) in [6.45, 7) is 0. The van der Waals surface area contributed by atoms with Crippen LogP contribution in [-0.4, -0.2) is 24.4 Å². The zero-order valence-electron chi connectivity index (χ0n) is 15.6. The standard InChI is InChI=1S/C18H13Cl2N5O3S2/c1-24-15(27)14-11(23-30-16(14)25(2)18(24)28)6-13(26)22-17-21-12(7-29-17)8-3-4-9(19)10(20)5-8/h3-5,7H,6H2,1-2H3,(H,21,22,26). The van der Waals surface area contributed by atoms with Crippen molar-refractivity contribution in [2.75, 3.05) is 5.32 Å². The normalized spacial score (nSPS) is 11.2. The summed E-state index contributed by atoms with van der Waals surface area (Å²) in [5.41, 5.74) is 0.837. The van der Waals surface area contributed by atoms with Gasteiger partial charge in [0.05, 0.1) is 33.2 Å². The molecule has 4 rings (SSSR count). The molecule has 1 aromatic carbocycles. The number of thiazole rings is 1. The SMILES string of the molecule is Cn1c(=O)c2c(CC(=O)Nc3nc(-c4ccc(Cl)c(Cl)c4)cs3)nsc2n(C)c1=O. The van der Waals surface area contributed by atoms with Gasteiger partial charge in [0.15, 0.2) is 5.13 Å². The molecule has 1 N–H and O–H groups in total. The predicted molar refractivity (Wildman–Crippen MR) is 120 cm³/mol. The Bertz CT molecular complexity index is 1420. The number of hydrogen-bond acceptors (Lipinski definition) is 7. The molecule has 154 valence electrons. The van der Waals surface area contributed by atoms with Gasteiger partial charge in [-0.15, -0.1) is 11.3 Å². The fraction of sp³-hybridized carbons (Fsp3) is 0.167.